The van der Waals surface area contributed by atoms with Crippen molar-refractivity contribution < 1.29 is 14.3 Å². The Morgan fingerprint density at radius 1 is 1.11 bits per heavy atom. The molecular weight excluding hydrogens is 358 g/mol. The lowest BCUT2D eigenvalue weighted by Gasteiger charge is -2.09. The minimum absolute atomic E-state index is 0.0403. The first-order chi connectivity index (χ1) is 13.6. The molecule has 0 saturated carbocycles. The van der Waals surface area contributed by atoms with Crippen LogP contribution in [0.1, 0.15) is 23.7 Å². The van der Waals surface area contributed by atoms with Gasteiger partial charge >= 0.3 is 0 Å². The van der Waals surface area contributed by atoms with Crippen molar-refractivity contribution in [2.24, 2.45) is 0 Å². The van der Waals surface area contributed by atoms with Gasteiger partial charge in [-0.15, -0.1) is 0 Å². The van der Waals surface area contributed by atoms with Gasteiger partial charge in [-0.05, 0) is 30.7 Å². The van der Waals surface area contributed by atoms with E-state index in [1.54, 1.807) is 48.5 Å². The van der Waals surface area contributed by atoms with Gasteiger partial charge in [-0.1, -0.05) is 25.1 Å². The number of anilines is 1. The molecule has 7 nitrogen and oxygen atoms in total. The molecule has 3 N–H and O–H groups in total. The zero-order valence-electron chi connectivity index (χ0n) is 15.5. The third-order valence-electron chi connectivity index (χ3n) is 4.03. The van der Waals surface area contributed by atoms with Crippen LogP contribution in [0, 0.1) is 0 Å². The second kappa shape index (κ2) is 8.85. The summed E-state index contributed by atoms with van der Waals surface area (Å²) in [6.45, 7) is 2.34. The van der Waals surface area contributed by atoms with Crippen molar-refractivity contribution in [2.75, 3.05) is 18.5 Å². The largest absolute Gasteiger partial charge is 0.494 e. The Labute approximate surface area is 161 Å². The molecule has 1 aromatic heterocycles. The van der Waals surface area contributed by atoms with Gasteiger partial charge in [-0.3, -0.25) is 14.4 Å². The highest BCUT2D eigenvalue weighted by Gasteiger charge is 2.14. The lowest BCUT2D eigenvalue weighted by Crippen LogP contribution is -2.35. The van der Waals surface area contributed by atoms with Gasteiger partial charge in [0.1, 0.15) is 11.3 Å². The Hall–Kier alpha value is -3.61. The van der Waals surface area contributed by atoms with Gasteiger partial charge in [-0.2, -0.15) is 0 Å². The SMILES string of the molecule is CCCOc1cccc(NC(=O)CNC(=O)c2c[nH]c3ccccc3c2=O)c1. The number of fused-ring (bicyclic) bond motifs is 1. The average Bonchev–Trinajstić information content (AvgIpc) is 2.71. The molecule has 144 valence electrons. The number of aromatic nitrogens is 1. The van der Waals surface area contributed by atoms with Crippen LogP contribution >= 0.6 is 0 Å². The maximum absolute atomic E-state index is 12.4. The minimum Gasteiger partial charge on any atom is -0.494 e. The predicted molar refractivity (Wildman–Crippen MR) is 108 cm³/mol. The van der Waals surface area contributed by atoms with Gasteiger partial charge in [0.05, 0.1) is 13.2 Å². The number of hydrogen-bond acceptors (Lipinski definition) is 4. The Balaban J connectivity index is 1.61. The van der Waals surface area contributed by atoms with Crippen LogP contribution in [0.2, 0.25) is 0 Å². The summed E-state index contributed by atoms with van der Waals surface area (Å²) in [6, 6.07) is 13.9. The molecule has 0 aliphatic heterocycles. The summed E-state index contributed by atoms with van der Waals surface area (Å²) in [4.78, 5) is 39.8. The number of aromatic amines is 1. The number of ether oxygens (including phenoxy) is 1. The summed E-state index contributed by atoms with van der Waals surface area (Å²) in [5, 5.41) is 5.58. The summed E-state index contributed by atoms with van der Waals surface area (Å²) in [5.41, 5.74) is 0.790. The molecule has 1 heterocycles. The van der Waals surface area contributed by atoms with Crippen LogP contribution in [-0.4, -0.2) is 29.9 Å². The van der Waals surface area contributed by atoms with Crippen molar-refractivity contribution in [3.05, 3.63) is 70.5 Å². The number of rotatable bonds is 7. The Kier molecular flexibility index (Phi) is 6.06. The first-order valence-corrected chi connectivity index (χ1v) is 9.00. The standard InChI is InChI=1S/C21H21N3O4/c1-2-10-28-15-7-5-6-14(11-15)24-19(25)13-23-21(27)17-12-22-18-9-4-3-8-16(18)20(17)26/h3-9,11-12H,2,10,13H2,1H3,(H,22,26)(H,23,27)(H,24,25). The molecule has 0 atom stereocenters. The van der Waals surface area contributed by atoms with Crippen LogP contribution in [0.3, 0.4) is 0 Å². The van der Waals surface area contributed by atoms with Crippen LogP contribution in [0.15, 0.2) is 59.5 Å². The van der Waals surface area contributed by atoms with Crippen LogP contribution in [0.4, 0.5) is 5.69 Å². The number of para-hydroxylation sites is 1. The van der Waals surface area contributed by atoms with Gasteiger partial charge < -0.3 is 20.4 Å². The molecule has 0 aliphatic rings. The van der Waals surface area contributed by atoms with E-state index in [-0.39, 0.29) is 17.5 Å². The van der Waals surface area contributed by atoms with E-state index in [1.807, 2.05) is 6.92 Å². The second-order valence-electron chi connectivity index (χ2n) is 6.18. The Morgan fingerprint density at radius 3 is 2.75 bits per heavy atom. The first kappa shape index (κ1) is 19.2. The zero-order valence-corrected chi connectivity index (χ0v) is 15.5. The molecule has 28 heavy (non-hydrogen) atoms. The number of carbonyl (C=O) groups excluding carboxylic acids is 2. The summed E-state index contributed by atoms with van der Waals surface area (Å²) >= 11 is 0. The average molecular weight is 379 g/mol. The molecule has 7 heteroatoms. The fraction of sp³-hybridized carbons (Fsp3) is 0.190. The number of carbonyl (C=O) groups is 2. The van der Waals surface area contributed by atoms with E-state index in [0.717, 1.165) is 6.42 Å². The van der Waals surface area contributed by atoms with E-state index in [1.165, 1.54) is 6.20 Å². The van der Waals surface area contributed by atoms with Gasteiger partial charge in [-0.25, -0.2) is 0 Å². The van der Waals surface area contributed by atoms with Crippen molar-refractivity contribution >= 4 is 28.4 Å². The molecule has 0 unspecified atom stereocenters. The van der Waals surface area contributed by atoms with E-state index in [2.05, 4.69) is 15.6 Å². The van der Waals surface area contributed by atoms with Crippen LogP contribution in [-0.2, 0) is 4.79 Å². The molecule has 2 amide bonds. The van der Waals surface area contributed by atoms with E-state index < -0.39 is 11.8 Å². The summed E-state index contributed by atoms with van der Waals surface area (Å²) in [7, 11) is 0. The first-order valence-electron chi connectivity index (χ1n) is 9.00. The van der Waals surface area contributed by atoms with Gasteiger partial charge in [0.2, 0.25) is 11.3 Å². The Bertz CT molecular complexity index is 1060. The van der Waals surface area contributed by atoms with Crippen molar-refractivity contribution in [3.63, 3.8) is 0 Å². The molecule has 0 bridgehead atoms. The van der Waals surface area contributed by atoms with Crippen molar-refractivity contribution in [2.45, 2.75) is 13.3 Å². The lowest BCUT2D eigenvalue weighted by molar-refractivity contribution is -0.115. The Morgan fingerprint density at radius 2 is 1.93 bits per heavy atom. The molecule has 3 rings (SSSR count). The molecule has 0 radical (unpaired) electrons. The van der Waals surface area contributed by atoms with Gasteiger partial charge in [0, 0.05) is 28.9 Å². The zero-order chi connectivity index (χ0) is 19.9. The van der Waals surface area contributed by atoms with E-state index in [0.29, 0.717) is 28.9 Å². The highest BCUT2D eigenvalue weighted by Crippen LogP contribution is 2.17. The van der Waals surface area contributed by atoms with Crippen molar-refractivity contribution in [1.82, 2.24) is 10.3 Å². The maximum Gasteiger partial charge on any atom is 0.257 e. The normalized spacial score (nSPS) is 10.5. The predicted octanol–water partition coefficient (Wildman–Crippen LogP) is 2.69. The lowest BCUT2D eigenvalue weighted by atomic mass is 10.1. The molecule has 0 fully saturated rings. The number of nitrogens with one attached hydrogen (secondary N) is 3. The minimum atomic E-state index is -0.609. The van der Waals surface area contributed by atoms with E-state index in [4.69, 9.17) is 4.74 Å². The summed E-state index contributed by atoms with van der Waals surface area (Å²) < 4.78 is 5.52. The second-order valence-corrected chi connectivity index (χ2v) is 6.18. The van der Waals surface area contributed by atoms with Gasteiger partial charge in [0.15, 0.2) is 0 Å². The van der Waals surface area contributed by atoms with Crippen LogP contribution < -0.4 is 20.8 Å². The number of benzene rings is 2. The number of amides is 2. The number of pyridine rings is 1. The monoisotopic (exact) mass is 379 g/mol. The highest BCUT2D eigenvalue weighted by atomic mass is 16.5. The van der Waals surface area contributed by atoms with Crippen molar-refractivity contribution in [3.8, 4) is 5.75 Å². The van der Waals surface area contributed by atoms with E-state index in [9.17, 15) is 14.4 Å². The van der Waals surface area contributed by atoms with E-state index >= 15 is 0 Å². The fourth-order valence-electron chi connectivity index (χ4n) is 2.68. The van der Waals surface area contributed by atoms with Gasteiger partial charge in [0.25, 0.3) is 5.91 Å². The van der Waals surface area contributed by atoms with Crippen LogP contribution in [0.5, 0.6) is 5.75 Å². The highest BCUT2D eigenvalue weighted by molar-refractivity contribution is 6.00. The fourth-order valence-corrected chi connectivity index (χ4v) is 2.68. The topological polar surface area (TPSA) is 100 Å². The molecule has 0 saturated heterocycles. The third kappa shape index (κ3) is 4.56. The molecule has 0 spiro atoms. The quantitative estimate of drug-likeness (QED) is 0.588. The summed E-state index contributed by atoms with van der Waals surface area (Å²) in [6.07, 6.45) is 2.24. The third-order valence-corrected chi connectivity index (χ3v) is 4.03. The molecule has 0 aliphatic carbocycles. The number of H-pyrrole nitrogens is 1. The van der Waals surface area contributed by atoms with Crippen LogP contribution in [0.25, 0.3) is 10.9 Å². The molecule has 2 aromatic carbocycles. The smallest absolute Gasteiger partial charge is 0.257 e. The number of hydrogen-bond donors (Lipinski definition) is 3. The summed E-state index contributed by atoms with van der Waals surface area (Å²) in [5.74, 6) is -0.355. The maximum atomic E-state index is 12.4. The molecular formula is C21H21N3O4. The van der Waals surface area contributed by atoms with Crippen molar-refractivity contribution in [1.29, 1.82) is 0 Å². The molecule has 3 aromatic rings.